The van der Waals surface area contributed by atoms with E-state index in [1.165, 1.54) is 115 Å². The van der Waals surface area contributed by atoms with E-state index in [1.54, 1.807) is 0 Å². The van der Waals surface area contributed by atoms with Gasteiger partial charge in [-0.2, -0.15) is 0 Å². The van der Waals surface area contributed by atoms with Crippen LogP contribution in [0, 0.1) is 0 Å². The average molecular weight is 1010 g/mol. The zero-order valence-electron chi connectivity index (χ0n) is 45.4. The molecule has 4 heteroatoms. The van der Waals surface area contributed by atoms with E-state index in [9.17, 15) is 0 Å². The lowest BCUT2D eigenvalue weighted by atomic mass is 9.32. The predicted molar refractivity (Wildman–Crippen MR) is 339 cm³/mol. The van der Waals surface area contributed by atoms with Gasteiger partial charge < -0.3 is 9.80 Å². The van der Waals surface area contributed by atoms with E-state index in [0.717, 1.165) is 45.0 Å². The van der Waals surface area contributed by atoms with Gasteiger partial charge in [0.25, 0.3) is 6.71 Å². The molecular formula is C75H56BN3. The second kappa shape index (κ2) is 16.6. The summed E-state index contributed by atoms with van der Waals surface area (Å²) in [6.45, 7) is 13.7. The molecule has 1 aromatic heterocycles. The monoisotopic (exact) mass is 1010 g/mol. The number of aromatic nitrogens is 1. The molecule has 0 amide bonds. The van der Waals surface area contributed by atoms with Gasteiger partial charge in [-0.25, -0.2) is 4.98 Å². The Labute approximate surface area is 461 Å². The minimum Gasteiger partial charge on any atom is -0.311 e. The lowest BCUT2D eigenvalue weighted by Crippen LogP contribution is -2.61. The summed E-state index contributed by atoms with van der Waals surface area (Å²) in [4.78, 5) is 10.6. The zero-order chi connectivity index (χ0) is 53.1. The highest BCUT2D eigenvalue weighted by Crippen LogP contribution is 2.51. The maximum atomic E-state index is 5.41. The highest BCUT2D eigenvalue weighted by Gasteiger charge is 2.46. The summed E-state index contributed by atoms with van der Waals surface area (Å²) in [5.41, 5.74) is 19.9. The third-order valence-corrected chi connectivity index (χ3v) is 17.6. The predicted octanol–water partition coefficient (Wildman–Crippen LogP) is 18.6. The molecule has 0 radical (unpaired) electrons. The van der Waals surface area contributed by atoms with E-state index in [-0.39, 0.29) is 17.5 Å². The second-order valence-electron chi connectivity index (χ2n) is 24.3. The fourth-order valence-corrected chi connectivity index (χ4v) is 13.7. The molecule has 0 unspecified atom stereocenters. The van der Waals surface area contributed by atoms with Crippen LogP contribution in [0.5, 0.6) is 0 Å². The summed E-state index contributed by atoms with van der Waals surface area (Å²) < 4.78 is 0. The summed E-state index contributed by atoms with van der Waals surface area (Å²) >= 11 is 0. The Morgan fingerprint density at radius 2 is 0.671 bits per heavy atom. The quantitative estimate of drug-likeness (QED) is 0.127. The van der Waals surface area contributed by atoms with Crippen LogP contribution in [-0.4, -0.2) is 11.7 Å². The Morgan fingerprint density at radius 3 is 1.08 bits per heavy atom. The number of hydrogen-bond acceptors (Lipinski definition) is 3. The van der Waals surface area contributed by atoms with Gasteiger partial charge in [0.05, 0.1) is 11.4 Å². The van der Waals surface area contributed by atoms with Crippen LogP contribution >= 0.6 is 0 Å². The average Bonchev–Trinajstić information content (AvgIpc) is 2.41. The van der Waals surface area contributed by atoms with Crippen LogP contribution in [0.3, 0.4) is 0 Å². The van der Waals surface area contributed by atoms with Crippen molar-refractivity contribution < 1.29 is 0 Å². The SMILES string of the molecule is CC(C)(C)c1ccc(N2c3cc(-c4cc(-c5ccccc5)nc(-c5ccccc5)c4)cc4c3B(c3c2cc2ccc5cccc6ccc3c2c56)c2c(cc3ccc5cccc6ccc2c3c56)N4c2ccc(C(C)(C)C)cc2)cc1. The molecule has 2 aliphatic rings. The smallest absolute Gasteiger partial charge is 0.253 e. The third-order valence-electron chi connectivity index (χ3n) is 17.6. The molecule has 0 fully saturated rings. The minimum atomic E-state index is -0.148. The molecule has 0 saturated carbocycles. The number of nitrogens with zero attached hydrogens (tertiary/aromatic N) is 3. The van der Waals surface area contributed by atoms with Crippen molar-refractivity contribution in [1.82, 2.24) is 4.98 Å². The van der Waals surface area contributed by atoms with Crippen molar-refractivity contribution in [2.24, 2.45) is 0 Å². The maximum Gasteiger partial charge on any atom is 0.253 e. The number of fused-ring (bicyclic) bond motifs is 6. The molecule has 0 spiro atoms. The second-order valence-corrected chi connectivity index (χ2v) is 24.3. The highest BCUT2D eigenvalue weighted by atomic mass is 15.2. The van der Waals surface area contributed by atoms with Gasteiger partial charge in [0.15, 0.2) is 0 Å². The fraction of sp³-hybridized carbons (Fsp3) is 0.107. The summed E-state index contributed by atoms with van der Waals surface area (Å²) in [6, 6.07) is 87.5. The number of pyridine rings is 1. The number of hydrogen-bond donors (Lipinski definition) is 0. The first-order chi connectivity index (χ1) is 38.4. The van der Waals surface area contributed by atoms with Crippen molar-refractivity contribution in [2.75, 3.05) is 9.80 Å². The standard InChI is InChI=1S/C75H56BN3/c1-74(2,3)55-29-33-57(34-30-55)78-63-41-51-25-23-47-19-13-21-49-27-37-59(69(51)67(47)49)71(63)76-72-60-38-28-50-22-14-20-48-24-26-52(70(60)68(48)50)42-64(72)79(58-35-31-56(32-36-58)75(4,5)6)66-44-54(43-65(78)73(66)76)53-39-61(45-15-9-7-10-16-45)77-62(40-53)46-17-11-8-12-18-46/h7-44H,1-6H3. The Balaban J connectivity index is 1.09. The van der Waals surface area contributed by atoms with Crippen LogP contribution in [0.2, 0.25) is 0 Å². The molecule has 0 atom stereocenters. The molecular weight excluding hydrogens is 954 g/mol. The van der Waals surface area contributed by atoms with Gasteiger partial charge in [-0.3, -0.25) is 0 Å². The van der Waals surface area contributed by atoms with E-state index < -0.39 is 0 Å². The number of rotatable bonds is 5. The lowest BCUT2D eigenvalue weighted by molar-refractivity contribution is 0.590. The molecule has 0 bridgehead atoms. The van der Waals surface area contributed by atoms with E-state index in [2.05, 4.69) is 282 Å². The van der Waals surface area contributed by atoms with Crippen LogP contribution in [0.25, 0.3) is 98.3 Å². The summed E-state index contributed by atoms with van der Waals surface area (Å²) in [5.74, 6) is 0. The fourth-order valence-electron chi connectivity index (χ4n) is 13.7. The molecule has 3 nitrogen and oxygen atoms in total. The Bertz CT molecular complexity index is 4450. The number of anilines is 6. The number of benzene rings is 13. The molecule has 0 aliphatic carbocycles. The Hall–Kier alpha value is -9.25. The van der Waals surface area contributed by atoms with E-state index >= 15 is 0 Å². The van der Waals surface area contributed by atoms with Gasteiger partial charge >= 0.3 is 0 Å². The largest absolute Gasteiger partial charge is 0.311 e. The lowest BCUT2D eigenvalue weighted by Gasteiger charge is -2.45. The molecule has 374 valence electrons. The van der Waals surface area contributed by atoms with E-state index in [4.69, 9.17) is 4.98 Å². The molecule has 0 N–H and O–H groups in total. The van der Waals surface area contributed by atoms with Crippen LogP contribution in [0.15, 0.2) is 231 Å². The molecule has 0 saturated heterocycles. The minimum absolute atomic E-state index is 0.0187. The molecule has 16 rings (SSSR count). The summed E-state index contributed by atoms with van der Waals surface area (Å²) in [6.07, 6.45) is 0. The van der Waals surface area contributed by atoms with Gasteiger partial charge in [-0.05, 0) is 175 Å². The van der Waals surface area contributed by atoms with Crippen molar-refractivity contribution in [1.29, 1.82) is 0 Å². The summed E-state index contributed by atoms with van der Waals surface area (Å²) in [5, 5.41) is 15.5. The maximum absolute atomic E-state index is 5.41. The van der Waals surface area contributed by atoms with Crippen LogP contribution < -0.4 is 26.2 Å². The van der Waals surface area contributed by atoms with Gasteiger partial charge in [0, 0.05) is 45.3 Å². The zero-order valence-corrected chi connectivity index (χ0v) is 45.4. The first-order valence-electron chi connectivity index (χ1n) is 28.0. The normalized spacial score (nSPS) is 13.4. The third kappa shape index (κ3) is 6.90. The van der Waals surface area contributed by atoms with Crippen LogP contribution in [0.4, 0.5) is 34.1 Å². The van der Waals surface area contributed by atoms with Crippen molar-refractivity contribution >= 4 is 122 Å². The van der Waals surface area contributed by atoms with E-state index in [0.29, 0.717) is 0 Å². The van der Waals surface area contributed by atoms with Crippen LogP contribution in [-0.2, 0) is 10.8 Å². The molecule has 14 aromatic rings. The van der Waals surface area contributed by atoms with Crippen molar-refractivity contribution in [2.45, 2.75) is 52.4 Å². The van der Waals surface area contributed by atoms with Gasteiger partial charge in [0.2, 0.25) is 0 Å². The Kier molecular flexibility index (Phi) is 9.66. The molecule has 3 heterocycles. The Morgan fingerprint density at radius 1 is 0.304 bits per heavy atom. The highest BCUT2D eigenvalue weighted by molar-refractivity contribution is 7.03. The molecule has 13 aromatic carbocycles. The van der Waals surface area contributed by atoms with E-state index in [1.807, 2.05) is 0 Å². The van der Waals surface area contributed by atoms with Gasteiger partial charge in [0.1, 0.15) is 0 Å². The molecule has 2 aliphatic heterocycles. The van der Waals surface area contributed by atoms with Gasteiger partial charge in [-0.15, -0.1) is 0 Å². The first-order valence-corrected chi connectivity index (χ1v) is 28.0. The van der Waals surface area contributed by atoms with Crippen molar-refractivity contribution in [3.8, 4) is 33.6 Å². The topological polar surface area (TPSA) is 19.4 Å². The van der Waals surface area contributed by atoms with Crippen molar-refractivity contribution in [3.63, 3.8) is 0 Å². The first kappa shape index (κ1) is 45.9. The van der Waals surface area contributed by atoms with Crippen molar-refractivity contribution in [3.05, 3.63) is 242 Å². The van der Waals surface area contributed by atoms with Crippen LogP contribution in [0.1, 0.15) is 52.7 Å². The van der Waals surface area contributed by atoms with Gasteiger partial charge in [-0.1, -0.05) is 211 Å². The summed E-state index contributed by atoms with van der Waals surface area (Å²) in [7, 11) is 0. The molecule has 79 heavy (non-hydrogen) atoms.